The van der Waals surface area contributed by atoms with Gasteiger partial charge in [0.1, 0.15) is 0 Å². The van der Waals surface area contributed by atoms with E-state index >= 15 is 0 Å². The van der Waals surface area contributed by atoms with Crippen LogP contribution >= 0.6 is 0 Å². The van der Waals surface area contributed by atoms with Crippen molar-refractivity contribution in [2.24, 2.45) is 10.9 Å². The summed E-state index contributed by atoms with van der Waals surface area (Å²) in [6.45, 7) is 20.6. The van der Waals surface area contributed by atoms with Crippen LogP contribution in [0.5, 0.6) is 0 Å². The predicted octanol–water partition coefficient (Wildman–Crippen LogP) is 9.83. The van der Waals surface area contributed by atoms with Crippen molar-refractivity contribution in [2.45, 2.75) is 67.7 Å². The fourth-order valence-corrected chi connectivity index (χ4v) is 6.13. The number of rotatable bonds is 13. The van der Waals surface area contributed by atoms with E-state index in [0.29, 0.717) is 5.92 Å². The summed E-state index contributed by atoms with van der Waals surface area (Å²) in [5, 5.41) is 0. The van der Waals surface area contributed by atoms with Crippen LogP contribution in [0.2, 0.25) is 0 Å². The zero-order chi connectivity index (χ0) is 30.1. The molecule has 0 fully saturated rings. The van der Waals surface area contributed by atoms with E-state index < -0.39 is 0 Å². The van der Waals surface area contributed by atoms with E-state index in [9.17, 15) is 0 Å². The van der Waals surface area contributed by atoms with Crippen LogP contribution in [-0.4, -0.2) is 38.4 Å². The van der Waals surface area contributed by atoms with Gasteiger partial charge < -0.3 is 9.80 Å². The highest BCUT2D eigenvalue weighted by atomic mass is 15.1. The normalized spacial score (nSPS) is 15.5. The fourth-order valence-electron chi connectivity index (χ4n) is 6.13. The Hall–Kier alpha value is -3.59. The molecule has 0 N–H and O–H groups in total. The van der Waals surface area contributed by atoms with Gasteiger partial charge in [-0.25, -0.2) is 0 Å². The Labute approximate surface area is 255 Å². The number of hydrogen-bond donors (Lipinski definition) is 0. The number of nitrogens with zero attached hydrogens (tertiary/aromatic N) is 3. The topological polar surface area (TPSA) is 18.8 Å². The molecular weight excluding hydrogens is 510 g/mol. The Morgan fingerprint density at radius 3 is 1.98 bits per heavy atom. The van der Waals surface area contributed by atoms with E-state index in [2.05, 4.69) is 137 Å². The highest BCUT2D eigenvalue weighted by molar-refractivity contribution is 6.19. The van der Waals surface area contributed by atoms with E-state index in [4.69, 9.17) is 4.99 Å². The van der Waals surface area contributed by atoms with Gasteiger partial charge in [0.2, 0.25) is 0 Å². The Morgan fingerprint density at radius 2 is 1.36 bits per heavy atom. The number of unbranched alkanes of at least 4 members (excludes halogenated alkanes) is 1. The molecule has 1 aliphatic rings. The minimum Gasteiger partial charge on any atom is -0.372 e. The van der Waals surface area contributed by atoms with E-state index in [1.807, 2.05) is 0 Å². The second-order valence-corrected chi connectivity index (χ2v) is 11.5. The molecule has 3 nitrogen and oxygen atoms in total. The molecule has 0 saturated heterocycles. The molecule has 0 aromatic heterocycles. The standard InChI is InChI=1S/C39H51N3/c1-8-13-16-29(6)28-40-38-26-25-37(35-17-14-15-18-36(35)38)39(31-19-21-32(22-20-31)41(9-2)10-3)34-24-23-33(27-30(34)7)42(11-4)12-5/h14-15,17-27,29H,8-13,16,28H2,1-7H3/b39-37-,40-38?. The zero-order valence-corrected chi connectivity index (χ0v) is 27.1. The summed E-state index contributed by atoms with van der Waals surface area (Å²) in [5.74, 6) is 0.599. The molecule has 3 heteroatoms. The lowest BCUT2D eigenvalue weighted by atomic mass is 9.82. The number of anilines is 2. The number of aliphatic imine (C=N–C) groups is 1. The monoisotopic (exact) mass is 561 g/mol. The van der Waals surface area contributed by atoms with Crippen molar-refractivity contribution >= 4 is 28.2 Å². The van der Waals surface area contributed by atoms with E-state index in [-0.39, 0.29) is 0 Å². The second kappa shape index (κ2) is 15.0. The molecule has 4 rings (SSSR count). The maximum Gasteiger partial charge on any atom is 0.0653 e. The quantitative estimate of drug-likeness (QED) is 0.207. The lowest BCUT2D eigenvalue weighted by Gasteiger charge is -2.25. The van der Waals surface area contributed by atoms with Gasteiger partial charge in [-0.15, -0.1) is 0 Å². The number of fused-ring (bicyclic) bond motifs is 1. The molecule has 0 aliphatic heterocycles. The van der Waals surface area contributed by atoms with Gasteiger partial charge in [-0.3, -0.25) is 4.99 Å². The van der Waals surface area contributed by atoms with E-state index in [1.54, 1.807) is 0 Å². The van der Waals surface area contributed by atoms with Crippen molar-refractivity contribution in [3.05, 3.63) is 107 Å². The van der Waals surface area contributed by atoms with Crippen LogP contribution in [-0.2, 0) is 0 Å². The van der Waals surface area contributed by atoms with Gasteiger partial charge in [-0.1, -0.05) is 75.2 Å². The summed E-state index contributed by atoms with van der Waals surface area (Å²) < 4.78 is 0. The van der Waals surface area contributed by atoms with E-state index in [0.717, 1.165) is 38.4 Å². The molecule has 0 saturated carbocycles. The third kappa shape index (κ3) is 7.06. The SMILES string of the molecule is CCCCC(C)CN=C1C=C/C(=C(\c2ccc(N(CC)CC)cc2)c2ccc(N(CC)CC)cc2C)c2ccccc21. The van der Waals surface area contributed by atoms with Gasteiger partial charge >= 0.3 is 0 Å². The number of hydrogen-bond acceptors (Lipinski definition) is 3. The highest BCUT2D eigenvalue weighted by Crippen LogP contribution is 2.39. The Balaban J connectivity index is 1.88. The maximum atomic E-state index is 5.13. The second-order valence-electron chi connectivity index (χ2n) is 11.5. The molecule has 3 aromatic rings. The summed E-state index contributed by atoms with van der Waals surface area (Å²) in [4.78, 5) is 9.95. The first kappa shape index (κ1) is 31.3. The first-order chi connectivity index (χ1) is 20.4. The summed E-state index contributed by atoms with van der Waals surface area (Å²) in [6.07, 6.45) is 8.30. The molecule has 0 heterocycles. The molecule has 42 heavy (non-hydrogen) atoms. The van der Waals surface area contributed by atoms with Crippen LogP contribution in [0, 0.1) is 12.8 Å². The van der Waals surface area contributed by atoms with Gasteiger partial charge in [0, 0.05) is 49.7 Å². The largest absolute Gasteiger partial charge is 0.372 e. The third-order valence-corrected chi connectivity index (χ3v) is 8.69. The number of allylic oxidation sites excluding steroid dienone is 3. The van der Waals surface area contributed by atoms with Gasteiger partial charge in [0.15, 0.2) is 0 Å². The average molecular weight is 562 g/mol. The molecule has 0 bridgehead atoms. The molecule has 1 aliphatic carbocycles. The van der Waals surface area contributed by atoms with Gasteiger partial charge in [0.25, 0.3) is 0 Å². The van der Waals surface area contributed by atoms with Crippen LogP contribution < -0.4 is 9.80 Å². The highest BCUT2D eigenvalue weighted by Gasteiger charge is 2.21. The molecule has 0 amide bonds. The Kier molecular flexibility index (Phi) is 11.2. The predicted molar refractivity (Wildman–Crippen MR) is 186 cm³/mol. The first-order valence-corrected chi connectivity index (χ1v) is 16.2. The van der Waals surface area contributed by atoms with Gasteiger partial charge in [-0.2, -0.15) is 0 Å². The van der Waals surface area contributed by atoms with Crippen LogP contribution in [0.1, 0.15) is 88.6 Å². The fraction of sp³-hybridized carbons (Fsp3) is 0.410. The molecule has 1 atom stereocenters. The van der Waals surface area contributed by atoms with Crippen LogP contribution in [0.4, 0.5) is 11.4 Å². The summed E-state index contributed by atoms with van der Waals surface area (Å²) in [5.41, 5.74) is 12.5. The lowest BCUT2D eigenvalue weighted by Crippen LogP contribution is -2.22. The van der Waals surface area contributed by atoms with Crippen LogP contribution in [0.25, 0.3) is 11.1 Å². The smallest absolute Gasteiger partial charge is 0.0653 e. The Morgan fingerprint density at radius 1 is 0.738 bits per heavy atom. The number of aryl methyl sites for hydroxylation is 1. The molecule has 3 aromatic carbocycles. The first-order valence-electron chi connectivity index (χ1n) is 16.2. The average Bonchev–Trinajstić information content (AvgIpc) is 3.02. The van der Waals surface area contributed by atoms with Crippen LogP contribution in [0.15, 0.2) is 83.9 Å². The van der Waals surface area contributed by atoms with Crippen molar-refractivity contribution in [1.82, 2.24) is 0 Å². The zero-order valence-electron chi connectivity index (χ0n) is 27.1. The summed E-state index contributed by atoms with van der Waals surface area (Å²) in [6, 6.07) is 25.0. The third-order valence-electron chi connectivity index (χ3n) is 8.69. The van der Waals surface area contributed by atoms with Crippen molar-refractivity contribution in [3.8, 4) is 0 Å². The van der Waals surface area contributed by atoms with Gasteiger partial charge in [0.05, 0.1) is 5.71 Å². The van der Waals surface area contributed by atoms with Crippen molar-refractivity contribution in [3.63, 3.8) is 0 Å². The molecule has 0 spiro atoms. The molecule has 0 radical (unpaired) electrons. The maximum absolute atomic E-state index is 5.13. The molecule has 222 valence electrons. The van der Waals surface area contributed by atoms with Gasteiger partial charge in [-0.05, 0) is 111 Å². The molecule has 1 unspecified atom stereocenters. The van der Waals surface area contributed by atoms with Crippen molar-refractivity contribution < 1.29 is 0 Å². The van der Waals surface area contributed by atoms with E-state index in [1.165, 1.54) is 69.6 Å². The summed E-state index contributed by atoms with van der Waals surface area (Å²) >= 11 is 0. The van der Waals surface area contributed by atoms with Crippen LogP contribution in [0.3, 0.4) is 0 Å². The van der Waals surface area contributed by atoms with Crippen molar-refractivity contribution in [2.75, 3.05) is 42.5 Å². The Bertz CT molecular complexity index is 1400. The number of benzene rings is 3. The summed E-state index contributed by atoms with van der Waals surface area (Å²) in [7, 11) is 0. The minimum absolute atomic E-state index is 0.599. The lowest BCUT2D eigenvalue weighted by molar-refractivity contribution is 0.517. The minimum atomic E-state index is 0.599. The van der Waals surface area contributed by atoms with Crippen molar-refractivity contribution in [1.29, 1.82) is 0 Å². The molecular formula is C39H51N3.